The first-order chi connectivity index (χ1) is 8.70. The average molecular weight is 498 g/mol. The van der Waals surface area contributed by atoms with Crippen molar-refractivity contribution < 1.29 is 34.7 Å². The summed E-state index contributed by atoms with van der Waals surface area (Å²) in [6.45, 7) is 1.94. The molecule has 0 unspecified atom stereocenters. The number of hydrogen-bond donors (Lipinski definition) is 1. The van der Waals surface area contributed by atoms with Gasteiger partial charge < -0.3 is 19.8 Å². The Kier molecular flexibility index (Phi) is 17.0. The van der Waals surface area contributed by atoms with E-state index in [9.17, 15) is 4.79 Å². The van der Waals surface area contributed by atoms with Crippen LogP contribution in [-0.2, 0) is 14.5 Å². The van der Waals surface area contributed by atoms with E-state index in [0.29, 0.717) is 5.02 Å². The van der Waals surface area contributed by atoms with Gasteiger partial charge in [0.15, 0.2) is 0 Å². The summed E-state index contributed by atoms with van der Waals surface area (Å²) < 4.78 is 0. The first kappa shape index (κ1) is 23.9. The van der Waals surface area contributed by atoms with Crippen LogP contribution in [0.3, 0.4) is 0 Å². The molecule has 108 valence electrons. The van der Waals surface area contributed by atoms with Crippen LogP contribution in [0.2, 0.25) is 5.02 Å². The van der Waals surface area contributed by atoms with E-state index < -0.39 is 17.9 Å². The van der Waals surface area contributed by atoms with E-state index in [1.54, 1.807) is 12.1 Å². The summed E-state index contributed by atoms with van der Waals surface area (Å²) in [5.41, 5.74) is 0.222. The molecule has 1 aromatic rings. The average Bonchev–Trinajstić information content (AvgIpc) is 2.26. The van der Waals surface area contributed by atoms with Crippen molar-refractivity contribution in [3.05, 3.63) is 34.9 Å². The third-order valence-electron chi connectivity index (χ3n) is 1.14. The summed E-state index contributed by atoms with van der Waals surface area (Å²) in [6, 6.07) is 6.11. The normalized spacial score (nSPS) is 7.60. The molecular formula is C11H11ClO7Pb. The van der Waals surface area contributed by atoms with E-state index in [2.05, 4.69) is 4.89 Å². The zero-order chi connectivity index (χ0) is 15.4. The van der Waals surface area contributed by atoms with Gasteiger partial charge in [-0.05, 0) is 32.0 Å². The Bertz CT molecular complexity index is 417. The number of benzene rings is 1. The molecule has 1 rings (SSSR count). The Morgan fingerprint density at radius 1 is 1.15 bits per heavy atom. The van der Waals surface area contributed by atoms with Gasteiger partial charge in [0.1, 0.15) is 0 Å². The van der Waals surface area contributed by atoms with Gasteiger partial charge in [-0.15, -0.1) is 0 Å². The molecule has 1 N–H and O–H groups in total. The second-order valence-electron chi connectivity index (χ2n) is 2.87. The largest absolute Gasteiger partial charge is 2.00 e. The molecule has 0 atom stereocenters. The van der Waals surface area contributed by atoms with Gasteiger partial charge in [0.05, 0.1) is 5.56 Å². The van der Waals surface area contributed by atoms with E-state index in [0.717, 1.165) is 13.8 Å². The SMILES string of the molecule is CC(=O)[O-].CC(=O)[O-].O=C(OO)c1cccc(Cl)c1.[Pb+2]. The monoisotopic (exact) mass is 498 g/mol. The molecule has 0 amide bonds. The van der Waals surface area contributed by atoms with Gasteiger partial charge in [0, 0.05) is 17.0 Å². The predicted molar refractivity (Wildman–Crippen MR) is 66.6 cm³/mol. The van der Waals surface area contributed by atoms with Crippen molar-refractivity contribution in [2.24, 2.45) is 0 Å². The Morgan fingerprint density at radius 2 is 1.55 bits per heavy atom. The topological polar surface area (TPSA) is 127 Å². The smallest absolute Gasteiger partial charge is 0.550 e. The van der Waals surface area contributed by atoms with Crippen LogP contribution >= 0.6 is 11.6 Å². The molecule has 0 aliphatic carbocycles. The summed E-state index contributed by atoms with van der Waals surface area (Å²) in [5.74, 6) is -2.98. The molecule has 0 aromatic heterocycles. The minimum absolute atomic E-state index is 0. The van der Waals surface area contributed by atoms with Crippen LogP contribution < -0.4 is 10.2 Å². The maximum atomic E-state index is 10.6. The van der Waals surface area contributed by atoms with Crippen LogP contribution in [0.25, 0.3) is 0 Å². The zero-order valence-electron chi connectivity index (χ0n) is 10.6. The number of carbonyl (C=O) groups excluding carboxylic acids is 3. The number of carboxylic acids is 2. The quantitative estimate of drug-likeness (QED) is 0.303. The van der Waals surface area contributed by atoms with Crippen LogP contribution in [0.4, 0.5) is 0 Å². The predicted octanol–water partition coefficient (Wildman–Crippen LogP) is -0.899. The van der Waals surface area contributed by atoms with Crippen molar-refractivity contribution in [3.8, 4) is 0 Å². The number of rotatable bonds is 1. The Labute approximate surface area is 140 Å². The molecule has 0 aliphatic heterocycles. The van der Waals surface area contributed by atoms with Crippen molar-refractivity contribution in [1.82, 2.24) is 0 Å². The molecule has 7 nitrogen and oxygen atoms in total. The Morgan fingerprint density at radius 3 is 1.85 bits per heavy atom. The van der Waals surface area contributed by atoms with Gasteiger partial charge in [0.2, 0.25) is 0 Å². The first-order valence-corrected chi connectivity index (χ1v) is 5.05. The van der Waals surface area contributed by atoms with Gasteiger partial charge in [-0.25, -0.2) is 4.79 Å². The molecule has 0 spiro atoms. The number of halogens is 1. The number of aliphatic carboxylic acids is 2. The van der Waals surface area contributed by atoms with Crippen LogP contribution in [-0.4, -0.2) is 50.5 Å². The molecule has 9 heteroatoms. The van der Waals surface area contributed by atoms with Crippen molar-refractivity contribution in [2.45, 2.75) is 13.8 Å². The second-order valence-corrected chi connectivity index (χ2v) is 3.31. The third kappa shape index (κ3) is 19.1. The molecule has 0 heterocycles. The minimum Gasteiger partial charge on any atom is -0.550 e. The summed E-state index contributed by atoms with van der Waals surface area (Å²) in [4.78, 5) is 31.9. The fourth-order valence-corrected chi connectivity index (χ4v) is 0.858. The van der Waals surface area contributed by atoms with E-state index in [-0.39, 0.29) is 32.9 Å². The molecule has 0 saturated heterocycles. The third-order valence-corrected chi connectivity index (χ3v) is 1.38. The van der Waals surface area contributed by atoms with Crippen molar-refractivity contribution in [2.75, 3.05) is 0 Å². The van der Waals surface area contributed by atoms with Gasteiger partial charge in [-0.2, -0.15) is 5.26 Å². The fourth-order valence-electron chi connectivity index (χ4n) is 0.668. The van der Waals surface area contributed by atoms with Gasteiger partial charge in [0.25, 0.3) is 0 Å². The second kappa shape index (κ2) is 14.2. The Hall–Kier alpha value is -1.20. The summed E-state index contributed by atoms with van der Waals surface area (Å²) in [7, 11) is 0. The van der Waals surface area contributed by atoms with Crippen LogP contribution in [0.15, 0.2) is 24.3 Å². The summed E-state index contributed by atoms with van der Waals surface area (Å²) in [6.07, 6.45) is 0. The molecule has 0 fully saturated rings. The number of hydrogen-bond acceptors (Lipinski definition) is 7. The van der Waals surface area contributed by atoms with E-state index in [1.807, 2.05) is 0 Å². The zero-order valence-corrected chi connectivity index (χ0v) is 15.2. The van der Waals surface area contributed by atoms with Crippen molar-refractivity contribution >= 4 is 56.8 Å². The van der Waals surface area contributed by atoms with Crippen LogP contribution in [0.1, 0.15) is 24.2 Å². The number of carboxylic acid groups (broad SMARTS) is 2. The van der Waals surface area contributed by atoms with E-state index >= 15 is 0 Å². The summed E-state index contributed by atoms with van der Waals surface area (Å²) >= 11 is 5.56. The van der Waals surface area contributed by atoms with Gasteiger partial charge in [-0.3, -0.25) is 4.89 Å². The van der Waals surface area contributed by atoms with E-state index in [1.165, 1.54) is 12.1 Å². The molecule has 0 aliphatic rings. The first-order valence-electron chi connectivity index (χ1n) is 4.67. The molecular weight excluding hydrogens is 487 g/mol. The molecule has 20 heavy (non-hydrogen) atoms. The van der Waals surface area contributed by atoms with Crippen molar-refractivity contribution in [3.63, 3.8) is 0 Å². The van der Waals surface area contributed by atoms with Crippen LogP contribution in [0.5, 0.6) is 0 Å². The Balaban J connectivity index is -0.000000272. The summed E-state index contributed by atoms with van der Waals surface area (Å²) in [5, 5.41) is 26.2. The molecule has 1 aromatic carbocycles. The fraction of sp³-hybridized carbons (Fsp3) is 0.182. The molecule has 2 radical (unpaired) electrons. The van der Waals surface area contributed by atoms with E-state index in [4.69, 9.17) is 36.7 Å². The maximum Gasteiger partial charge on any atom is 2.00 e. The molecule has 0 saturated carbocycles. The molecule has 0 bridgehead atoms. The van der Waals surface area contributed by atoms with Gasteiger partial charge in [-0.1, -0.05) is 17.7 Å². The van der Waals surface area contributed by atoms with Crippen LogP contribution in [0, 0.1) is 0 Å². The maximum absolute atomic E-state index is 10.6. The minimum atomic E-state index is -1.08. The number of carbonyl (C=O) groups is 3. The van der Waals surface area contributed by atoms with Crippen molar-refractivity contribution in [1.29, 1.82) is 0 Å². The standard InChI is InChI=1S/C7H5ClO3.2C2H4O2.Pb/c8-6-3-1-2-5(4-6)7(9)11-10;2*1-2(3)4;/h1-4,10H;2*1H3,(H,3,4);/q;;;+2/p-2. The van der Waals surface area contributed by atoms with Gasteiger partial charge >= 0.3 is 33.3 Å².